The van der Waals surface area contributed by atoms with Gasteiger partial charge in [-0.1, -0.05) is 11.6 Å². The third kappa shape index (κ3) is 2.39. The molecule has 0 amide bonds. The van der Waals surface area contributed by atoms with Gasteiger partial charge in [-0.05, 0) is 42.0 Å². The molecule has 3 aromatic rings. The van der Waals surface area contributed by atoms with E-state index in [4.69, 9.17) is 26.8 Å². The van der Waals surface area contributed by atoms with Crippen LogP contribution in [0.15, 0.2) is 54.1 Å². The number of nitriles is 1. The molecule has 1 atom stereocenters. The van der Waals surface area contributed by atoms with Gasteiger partial charge in [-0.15, -0.1) is 0 Å². The van der Waals surface area contributed by atoms with Crippen LogP contribution in [-0.2, 0) is 0 Å². The number of ether oxygens (including phenoxy) is 2. The van der Waals surface area contributed by atoms with E-state index in [0.29, 0.717) is 16.3 Å². The summed E-state index contributed by atoms with van der Waals surface area (Å²) in [5.74, 6) is 1.08. The molecule has 0 spiro atoms. The Bertz CT molecular complexity index is 1060. The quantitative estimate of drug-likeness (QED) is 0.729. The summed E-state index contributed by atoms with van der Waals surface area (Å²) in [6.45, 7) is 0. The van der Waals surface area contributed by atoms with Crippen LogP contribution < -0.4 is 15.2 Å². The molecule has 4 rings (SSSR count). The van der Waals surface area contributed by atoms with Crippen LogP contribution in [0.4, 0.5) is 0 Å². The second-order valence-corrected chi connectivity index (χ2v) is 6.20. The van der Waals surface area contributed by atoms with Crippen LogP contribution >= 0.6 is 11.6 Å². The first-order valence-corrected chi connectivity index (χ1v) is 8.02. The van der Waals surface area contributed by atoms with Crippen molar-refractivity contribution >= 4 is 22.5 Å². The molecule has 1 unspecified atom stereocenters. The smallest absolute Gasteiger partial charge is 0.205 e. The molecule has 1 aromatic heterocycles. The van der Waals surface area contributed by atoms with Gasteiger partial charge in [-0.2, -0.15) is 5.26 Å². The van der Waals surface area contributed by atoms with Crippen molar-refractivity contribution in [3.63, 3.8) is 0 Å². The minimum absolute atomic E-state index is 0.111. The van der Waals surface area contributed by atoms with E-state index in [-0.39, 0.29) is 11.8 Å². The SMILES string of the molecule is COc1ccc2[nH]cc(C3C(C#N)=C(N)Oc4ccc(Cl)cc43)c2c1. The fourth-order valence-electron chi connectivity index (χ4n) is 3.24. The van der Waals surface area contributed by atoms with Gasteiger partial charge in [0.25, 0.3) is 0 Å². The first-order chi connectivity index (χ1) is 12.1. The molecule has 1 aliphatic heterocycles. The molecule has 1 aliphatic rings. The maximum atomic E-state index is 9.66. The minimum atomic E-state index is -0.367. The highest BCUT2D eigenvalue weighted by atomic mass is 35.5. The molecule has 3 N–H and O–H groups in total. The number of hydrogen-bond acceptors (Lipinski definition) is 4. The van der Waals surface area contributed by atoms with Gasteiger partial charge in [-0.3, -0.25) is 0 Å². The Labute approximate surface area is 149 Å². The summed E-state index contributed by atoms with van der Waals surface area (Å²) in [5, 5.41) is 11.2. The largest absolute Gasteiger partial charge is 0.497 e. The third-order valence-corrected chi connectivity index (χ3v) is 4.64. The Morgan fingerprint density at radius 1 is 1.24 bits per heavy atom. The summed E-state index contributed by atoms with van der Waals surface area (Å²) in [7, 11) is 1.62. The lowest BCUT2D eigenvalue weighted by Gasteiger charge is -2.26. The zero-order chi connectivity index (χ0) is 17.6. The Morgan fingerprint density at radius 2 is 2.08 bits per heavy atom. The van der Waals surface area contributed by atoms with Crippen LogP contribution in [0, 0.1) is 11.3 Å². The molecule has 5 nitrogen and oxygen atoms in total. The van der Waals surface area contributed by atoms with E-state index in [1.54, 1.807) is 19.2 Å². The summed E-state index contributed by atoms with van der Waals surface area (Å²) >= 11 is 6.18. The number of nitrogens with one attached hydrogen (secondary N) is 1. The lowest BCUT2D eigenvalue weighted by molar-refractivity contribution is 0.394. The molecule has 0 bridgehead atoms. The third-order valence-electron chi connectivity index (χ3n) is 4.41. The molecular weight excluding hydrogens is 338 g/mol. The number of nitrogens with zero attached hydrogens (tertiary/aromatic N) is 1. The average Bonchev–Trinajstić information content (AvgIpc) is 3.03. The number of halogens is 1. The fourth-order valence-corrected chi connectivity index (χ4v) is 3.42. The van der Waals surface area contributed by atoms with Crippen molar-refractivity contribution in [2.24, 2.45) is 5.73 Å². The number of methoxy groups -OCH3 is 1. The van der Waals surface area contributed by atoms with Gasteiger partial charge in [-0.25, -0.2) is 0 Å². The van der Waals surface area contributed by atoms with Crippen LogP contribution in [0.3, 0.4) is 0 Å². The van der Waals surface area contributed by atoms with Gasteiger partial charge in [0.05, 0.1) is 13.0 Å². The average molecular weight is 352 g/mol. The molecule has 0 saturated heterocycles. The molecular formula is C19H14ClN3O2. The fraction of sp³-hybridized carbons (Fsp3) is 0.105. The number of H-pyrrole nitrogens is 1. The standard InChI is InChI=1S/C19H14ClN3O2/c1-24-11-3-4-16-12(7-11)15(9-23-16)18-13-6-10(20)2-5-17(13)25-19(22)14(18)8-21/h2-7,9,18,23H,22H2,1H3. The number of fused-ring (bicyclic) bond motifs is 2. The Balaban J connectivity index is 2.00. The molecule has 2 heterocycles. The number of aromatic nitrogens is 1. The van der Waals surface area contributed by atoms with Crippen molar-refractivity contribution in [2.75, 3.05) is 7.11 Å². The van der Waals surface area contributed by atoms with Crippen LogP contribution in [0.1, 0.15) is 17.0 Å². The van der Waals surface area contributed by atoms with E-state index in [1.807, 2.05) is 30.5 Å². The summed E-state index contributed by atoms with van der Waals surface area (Å²) in [5.41, 5.74) is 9.04. The molecule has 0 saturated carbocycles. The zero-order valence-electron chi connectivity index (χ0n) is 13.3. The molecule has 0 radical (unpaired) electrons. The highest BCUT2D eigenvalue weighted by molar-refractivity contribution is 6.30. The van der Waals surface area contributed by atoms with Gasteiger partial charge in [0, 0.05) is 27.7 Å². The monoisotopic (exact) mass is 351 g/mol. The number of allylic oxidation sites excluding steroid dienone is 1. The Kier molecular flexibility index (Phi) is 3.56. The van der Waals surface area contributed by atoms with Gasteiger partial charge in [0.2, 0.25) is 5.88 Å². The predicted molar refractivity (Wildman–Crippen MR) is 95.6 cm³/mol. The van der Waals surface area contributed by atoms with E-state index < -0.39 is 0 Å². The Hall–Kier alpha value is -3.10. The first kappa shape index (κ1) is 15.4. The predicted octanol–water partition coefficient (Wildman–Crippen LogP) is 4.05. The topological polar surface area (TPSA) is 84.1 Å². The van der Waals surface area contributed by atoms with Gasteiger partial charge in [0.15, 0.2) is 0 Å². The van der Waals surface area contributed by atoms with Crippen molar-refractivity contribution in [3.8, 4) is 17.6 Å². The van der Waals surface area contributed by atoms with E-state index in [1.165, 1.54) is 0 Å². The number of aromatic amines is 1. The van der Waals surface area contributed by atoms with Crippen LogP contribution in [-0.4, -0.2) is 12.1 Å². The summed E-state index contributed by atoms with van der Waals surface area (Å²) < 4.78 is 11.0. The molecule has 0 aliphatic carbocycles. The normalized spacial score (nSPS) is 16.3. The van der Waals surface area contributed by atoms with E-state index in [0.717, 1.165) is 27.8 Å². The molecule has 2 aromatic carbocycles. The van der Waals surface area contributed by atoms with Crippen molar-refractivity contribution in [3.05, 3.63) is 70.2 Å². The molecule has 25 heavy (non-hydrogen) atoms. The van der Waals surface area contributed by atoms with E-state index >= 15 is 0 Å². The van der Waals surface area contributed by atoms with Crippen molar-refractivity contribution in [1.82, 2.24) is 4.98 Å². The number of nitrogens with two attached hydrogens (primary N) is 1. The first-order valence-electron chi connectivity index (χ1n) is 7.64. The maximum absolute atomic E-state index is 9.66. The summed E-state index contributed by atoms with van der Waals surface area (Å²) in [6.07, 6.45) is 1.88. The van der Waals surface area contributed by atoms with Gasteiger partial charge < -0.3 is 20.2 Å². The second kappa shape index (κ2) is 5.76. The lowest BCUT2D eigenvalue weighted by Crippen LogP contribution is -2.20. The number of rotatable bonds is 2. The summed E-state index contributed by atoms with van der Waals surface area (Å²) in [4.78, 5) is 3.24. The number of hydrogen-bond donors (Lipinski definition) is 2. The Morgan fingerprint density at radius 3 is 2.84 bits per heavy atom. The highest BCUT2D eigenvalue weighted by Crippen LogP contribution is 2.45. The van der Waals surface area contributed by atoms with Crippen LogP contribution in [0.5, 0.6) is 11.5 Å². The lowest BCUT2D eigenvalue weighted by atomic mass is 9.83. The van der Waals surface area contributed by atoms with E-state index in [9.17, 15) is 5.26 Å². The van der Waals surface area contributed by atoms with Crippen LogP contribution in [0.2, 0.25) is 5.02 Å². The second-order valence-electron chi connectivity index (χ2n) is 5.76. The summed E-state index contributed by atoms with van der Waals surface area (Å²) in [6, 6.07) is 13.3. The highest BCUT2D eigenvalue weighted by Gasteiger charge is 2.32. The van der Waals surface area contributed by atoms with Gasteiger partial charge >= 0.3 is 0 Å². The van der Waals surface area contributed by atoms with Crippen molar-refractivity contribution in [1.29, 1.82) is 5.26 Å². The van der Waals surface area contributed by atoms with Crippen molar-refractivity contribution < 1.29 is 9.47 Å². The van der Waals surface area contributed by atoms with Crippen LogP contribution in [0.25, 0.3) is 10.9 Å². The van der Waals surface area contributed by atoms with Gasteiger partial charge in [0.1, 0.15) is 23.1 Å². The minimum Gasteiger partial charge on any atom is -0.497 e. The maximum Gasteiger partial charge on any atom is 0.205 e. The van der Waals surface area contributed by atoms with Crippen molar-refractivity contribution in [2.45, 2.75) is 5.92 Å². The molecule has 6 heteroatoms. The zero-order valence-corrected chi connectivity index (χ0v) is 14.1. The molecule has 124 valence electrons. The van der Waals surface area contributed by atoms with E-state index in [2.05, 4.69) is 11.1 Å². The number of benzene rings is 2. The molecule has 0 fully saturated rings.